The Morgan fingerprint density at radius 2 is 1.82 bits per heavy atom. The molecule has 1 aromatic heterocycles. The van der Waals surface area contributed by atoms with Gasteiger partial charge in [-0.3, -0.25) is 4.90 Å². The highest BCUT2D eigenvalue weighted by Gasteiger charge is 2.14. The molecule has 1 fully saturated rings. The Morgan fingerprint density at radius 1 is 1.09 bits per heavy atom. The fourth-order valence-electron chi connectivity index (χ4n) is 3.17. The number of aryl methyl sites for hydroxylation is 1. The molecule has 4 rings (SSSR count). The predicted octanol–water partition coefficient (Wildman–Crippen LogP) is 4.43. The molecule has 0 aliphatic carbocycles. The monoisotopic (exact) mass is 575 g/mol. The van der Waals surface area contributed by atoms with Gasteiger partial charge in [0.25, 0.3) is 0 Å². The van der Waals surface area contributed by atoms with Crippen molar-refractivity contribution in [2.75, 3.05) is 37.0 Å². The molecule has 0 radical (unpaired) electrons. The van der Waals surface area contributed by atoms with E-state index in [2.05, 4.69) is 67.6 Å². The molecule has 0 amide bonds. The van der Waals surface area contributed by atoms with Crippen LogP contribution in [0.25, 0.3) is 0 Å². The van der Waals surface area contributed by atoms with Crippen molar-refractivity contribution in [3.63, 3.8) is 0 Å². The Morgan fingerprint density at radius 3 is 2.58 bits per heavy atom. The van der Waals surface area contributed by atoms with E-state index in [4.69, 9.17) is 4.74 Å². The highest BCUT2D eigenvalue weighted by atomic mass is 79.9. The van der Waals surface area contributed by atoms with Crippen LogP contribution in [0.1, 0.15) is 17.0 Å². The first-order chi connectivity index (χ1) is 16.0. The Hall–Kier alpha value is -2.60. The van der Waals surface area contributed by atoms with E-state index in [0.717, 1.165) is 23.2 Å². The van der Waals surface area contributed by atoms with E-state index in [-0.39, 0.29) is 5.75 Å². The number of aromatic nitrogens is 3. The maximum absolute atomic E-state index is 10.2. The lowest BCUT2D eigenvalue weighted by molar-refractivity contribution is 0.0331. The summed E-state index contributed by atoms with van der Waals surface area (Å²) in [5.41, 5.74) is 5.43. The lowest BCUT2D eigenvalue weighted by Crippen LogP contribution is -2.36. The summed E-state index contributed by atoms with van der Waals surface area (Å²) in [6.07, 6.45) is 1.50. The zero-order chi connectivity index (χ0) is 23.2. The SMILES string of the molecule is Cc1ccc(Nc2nc(CN3CCOCC3)nc(N/N=C/c3cc(Br)cc(Br)c3O)n2)cc1. The summed E-state index contributed by atoms with van der Waals surface area (Å²) in [7, 11) is 0. The number of morpholine rings is 1. The molecule has 2 heterocycles. The second-order valence-corrected chi connectivity index (χ2v) is 9.24. The Kier molecular flexibility index (Phi) is 7.86. The molecule has 1 aliphatic heterocycles. The topological polar surface area (TPSA) is 108 Å². The average Bonchev–Trinajstić information content (AvgIpc) is 2.79. The molecule has 0 atom stereocenters. The summed E-state index contributed by atoms with van der Waals surface area (Å²) < 4.78 is 6.81. The van der Waals surface area contributed by atoms with Crippen LogP contribution in [-0.2, 0) is 11.3 Å². The van der Waals surface area contributed by atoms with Gasteiger partial charge in [0.1, 0.15) is 11.6 Å². The number of aromatic hydroxyl groups is 1. The normalized spacial score (nSPS) is 14.5. The number of phenolic OH excluding ortho intramolecular Hbond substituents is 1. The first kappa shape index (κ1) is 23.6. The van der Waals surface area contributed by atoms with Crippen LogP contribution in [0.5, 0.6) is 5.75 Å². The molecular formula is C22H23Br2N7O2. The van der Waals surface area contributed by atoms with Gasteiger partial charge in [-0.2, -0.15) is 20.1 Å². The minimum absolute atomic E-state index is 0.0918. The second-order valence-electron chi connectivity index (χ2n) is 7.47. The number of hydrogen-bond donors (Lipinski definition) is 3. The Labute approximate surface area is 208 Å². The summed E-state index contributed by atoms with van der Waals surface area (Å²) >= 11 is 6.73. The molecular weight excluding hydrogens is 554 g/mol. The number of nitrogens with zero attached hydrogens (tertiary/aromatic N) is 5. The fraction of sp³-hybridized carbons (Fsp3) is 0.273. The largest absolute Gasteiger partial charge is 0.506 e. The van der Waals surface area contributed by atoms with Crippen LogP contribution in [0.3, 0.4) is 0 Å². The molecule has 0 saturated carbocycles. The summed E-state index contributed by atoms with van der Waals surface area (Å²) in [5.74, 6) is 1.43. The lowest BCUT2D eigenvalue weighted by atomic mass is 10.2. The third-order valence-electron chi connectivity index (χ3n) is 4.88. The van der Waals surface area contributed by atoms with Gasteiger partial charge >= 0.3 is 0 Å². The van der Waals surface area contributed by atoms with Crippen LogP contribution < -0.4 is 10.7 Å². The summed E-state index contributed by atoms with van der Waals surface area (Å²) in [6, 6.07) is 11.5. The predicted molar refractivity (Wildman–Crippen MR) is 135 cm³/mol. The third kappa shape index (κ3) is 6.70. The number of phenols is 1. The van der Waals surface area contributed by atoms with Crippen molar-refractivity contribution >= 4 is 55.7 Å². The summed E-state index contributed by atoms with van der Waals surface area (Å²) in [4.78, 5) is 15.8. The first-order valence-corrected chi connectivity index (χ1v) is 11.9. The van der Waals surface area contributed by atoms with E-state index in [1.807, 2.05) is 31.2 Å². The number of halogens is 2. The van der Waals surface area contributed by atoms with Crippen molar-refractivity contribution in [3.8, 4) is 5.75 Å². The minimum Gasteiger partial charge on any atom is -0.506 e. The van der Waals surface area contributed by atoms with Crippen molar-refractivity contribution in [3.05, 3.63) is 62.3 Å². The van der Waals surface area contributed by atoms with Crippen LogP contribution in [0.15, 0.2) is 50.4 Å². The Bertz CT molecular complexity index is 1140. The van der Waals surface area contributed by atoms with E-state index in [9.17, 15) is 5.11 Å². The highest BCUT2D eigenvalue weighted by molar-refractivity contribution is 9.11. The van der Waals surface area contributed by atoms with E-state index in [1.54, 1.807) is 12.1 Å². The number of hydrogen-bond acceptors (Lipinski definition) is 9. The standard InChI is InChI=1S/C22H23Br2N7O2/c1-14-2-4-17(5-3-14)26-21-27-19(13-31-6-8-33-9-7-31)28-22(29-21)30-25-12-15-10-16(23)11-18(24)20(15)32/h2-5,10-12,32H,6-9,13H2,1H3,(H2,26,27,28,29,30)/b25-12+. The summed E-state index contributed by atoms with van der Waals surface area (Å²) in [5, 5.41) is 17.7. The number of nitrogens with one attached hydrogen (secondary N) is 2. The van der Waals surface area contributed by atoms with Crippen molar-refractivity contribution in [1.29, 1.82) is 0 Å². The molecule has 172 valence electrons. The maximum Gasteiger partial charge on any atom is 0.248 e. The van der Waals surface area contributed by atoms with Gasteiger partial charge in [0.05, 0.1) is 30.4 Å². The van der Waals surface area contributed by atoms with Gasteiger partial charge in [-0.25, -0.2) is 5.43 Å². The Balaban J connectivity index is 1.55. The number of rotatable bonds is 7. The van der Waals surface area contributed by atoms with Crippen LogP contribution >= 0.6 is 31.9 Å². The maximum atomic E-state index is 10.2. The van der Waals surface area contributed by atoms with Gasteiger partial charge in [0.2, 0.25) is 11.9 Å². The van der Waals surface area contributed by atoms with E-state index in [1.165, 1.54) is 11.8 Å². The van der Waals surface area contributed by atoms with Crippen molar-refractivity contribution in [2.24, 2.45) is 5.10 Å². The zero-order valence-corrected chi connectivity index (χ0v) is 21.1. The van der Waals surface area contributed by atoms with Crippen LogP contribution in [0.2, 0.25) is 0 Å². The lowest BCUT2D eigenvalue weighted by Gasteiger charge is -2.25. The molecule has 3 aromatic rings. The van der Waals surface area contributed by atoms with Gasteiger partial charge in [-0.05, 0) is 47.1 Å². The molecule has 1 aliphatic rings. The molecule has 3 N–H and O–H groups in total. The molecule has 1 saturated heterocycles. The van der Waals surface area contributed by atoms with Crippen LogP contribution in [0.4, 0.5) is 17.6 Å². The van der Waals surface area contributed by atoms with Crippen molar-refractivity contribution in [1.82, 2.24) is 19.9 Å². The van der Waals surface area contributed by atoms with Gasteiger partial charge in [0.15, 0.2) is 0 Å². The molecule has 0 bridgehead atoms. The van der Waals surface area contributed by atoms with E-state index >= 15 is 0 Å². The molecule has 0 spiro atoms. The van der Waals surface area contributed by atoms with E-state index in [0.29, 0.717) is 47.5 Å². The van der Waals surface area contributed by atoms with Crippen LogP contribution in [-0.4, -0.2) is 57.5 Å². The van der Waals surface area contributed by atoms with Crippen LogP contribution in [0, 0.1) is 6.92 Å². The molecule has 2 aromatic carbocycles. The number of benzene rings is 2. The average molecular weight is 577 g/mol. The molecule has 0 unspecified atom stereocenters. The van der Waals surface area contributed by atoms with E-state index < -0.39 is 0 Å². The molecule has 33 heavy (non-hydrogen) atoms. The molecule has 11 heteroatoms. The van der Waals surface area contributed by atoms with Crippen molar-refractivity contribution in [2.45, 2.75) is 13.5 Å². The van der Waals surface area contributed by atoms with Gasteiger partial charge < -0.3 is 15.2 Å². The smallest absolute Gasteiger partial charge is 0.248 e. The minimum atomic E-state index is 0.0918. The second kappa shape index (κ2) is 11.0. The van der Waals surface area contributed by atoms with Gasteiger partial charge in [-0.1, -0.05) is 33.6 Å². The first-order valence-electron chi connectivity index (χ1n) is 10.3. The van der Waals surface area contributed by atoms with Crippen molar-refractivity contribution < 1.29 is 9.84 Å². The highest BCUT2D eigenvalue weighted by Crippen LogP contribution is 2.30. The summed E-state index contributed by atoms with van der Waals surface area (Å²) in [6.45, 7) is 5.65. The fourth-order valence-corrected chi connectivity index (χ4v) is 4.42. The molecule has 9 nitrogen and oxygen atoms in total. The zero-order valence-electron chi connectivity index (χ0n) is 17.9. The quantitative estimate of drug-likeness (QED) is 0.280. The van der Waals surface area contributed by atoms with Gasteiger partial charge in [0, 0.05) is 28.8 Å². The van der Waals surface area contributed by atoms with Gasteiger partial charge in [-0.15, -0.1) is 0 Å². The number of ether oxygens (including phenoxy) is 1. The number of hydrazone groups is 1. The number of anilines is 3. The third-order valence-corrected chi connectivity index (χ3v) is 5.95.